The molecule has 3 amide bonds. The molecular weight excluding hydrogens is 358 g/mol. The molecule has 2 atom stereocenters. The lowest BCUT2D eigenvalue weighted by Crippen LogP contribution is -2.70. The number of nitrogens with one attached hydrogen (secondary N) is 2. The fraction of sp³-hybridized carbons (Fsp3) is 0.647. The van der Waals surface area contributed by atoms with Gasteiger partial charge in [-0.25, -0.2) is 4.79 Å². The Labute approximate surface area is 155 Å². The maximum atomic E-state index is 12.6. The summed E-state index contributed by atoms with van der Waals surface area (Å²) in [6.07, 6.45) is 5.29. The predicted molar refractivity (Wildman–Crippen MR) is 95.0 cm³/mol. The van der Waals surface area contributed by atoms with Crippen LogP contribution in [-0.2, 0) is 19.2 Å². The fourth-order valence-electron chi connectivity index (χ4n) is 3.59. The molecule has 0 radical (unpaired) electrons. The molecule has 0 bridgehead atoms. The number of thioether (sulfide) groups is 1. The molecule has 2 heterocycles. The van der Waals surface area contributed by atoms with E-state index >= 15 is 0 Å². The average molecular weight is 381 g/mol. The van der Waals surface area contributed by atoms with Gasteiger partial charge in [0.05, 0.1) is 5.57 Å². The third kappa shape index (κ3) is 3.44. The molecule has 142 valence electrons. The van der Waals surface area contributed by atoms with Crippen molar-refractivity contribution in [2.75, 3.05) is 5.75 Å². The predicted octanol–water partition coefficient (Wildman–Crippen LogP) is 0.584. The number of carbonyl (C=O) groups excluding carboxylic acids is 3. The Morgan fingerprint density at radius 3 is 2.50 bits per heavy atom. The number of carbonyl (C=O) groups is 4. The van der Waals surface area contributed by atoms with Crippen molar-refractivity contribution in [3.8, 4) is 0 Å². The van der Waals surface area contributed by atoms with Gasteiger partial charge in [0.1, 0.15) is 17.1 Å². The molecule has 3 N–H and O–H groups in total. The van der Waals surface area contributed by atoms with Crippen LogP contribution in [0.4, 0.5) is 0 Å². The molecule has 26 heavy (non-hydrogen) atoms. The largest absolute Gasteiger partial charge is 0.477 e. The van der Waals surface area contributed by atoms with E-state index < -0.39 is 29.2 Å². The number of rotatable bonds is 5. The van der Waals surface area contributed by atoms with Crippen LogP contribution in [-0.4, -0.2) is 56.9 Å². The van der Waals surface area contributed by atoms with Gasteiger partial charge in [-0.05, 0) is 12.8 Å². The zero-order chi connectivity index (χ0) is 18.8. The number of carboxylic acids is 1. The van der Waals surface area contributed by atoms with Crippen molar-refractivity contribution in [1.82, 2.24) is 15.5 Å². The topological polar surface area (TPSA) is 116 Å². The Morgan fingerprint density at radius 1 is 1.19 bits per heavy atom. The first-order valence-corrected chi connectivity index (χ1v) is 10.00. The van der Waals surface area contributed by atoms with Crippen LogP contribution in [0.25, 0.3) is 0 Å². The number of nitrogens with zero attached hydrogens (tertiary/aromatic N) is 1. The van der Waals surface area contributed by atoms with Crippen LogP contribution in [0.3, 0.4) is 0 Å². The van der Waals surface area contributed by atoms with Crippen molar-refractivity contribution in [2.24, 2.45) is 0 Å². The van der Waals surface area contributed by atoms with Gasteiger partial charge < -0.3 is 15.7 Å². The SMILES string of the molecule is CCC(=O)NC1C(=O)N2C(C(=O)O)=C(C(=O)NC3CCCCC3)CS[C@@H]12. The molecule has 2 fully saturated rings. The van der Waals surface area contributed by atoms with E-state index in [0.29, 0.717) is 0 Å². The fourth-order valence-corrected chi connectivity index (χ4v) is 4.93. The van der Waals surface area contributed by atoms with E-state index in [1.165, 1.54) is 11.8 Å². The van der Waals surface area contributed by atoms with Crippen LogP contribution in [0.1, 0.15) is 45.4 Å². The maximum absolute atomic E-state index is 12.6. The molecule has 1 aliphatic carbocycles. The number of β-lactam (4-membered cyclic amide) rings is 1. The van der Waals surface area contributed by atoms with Crippen molar-refractivity contribution >= 4 is 35.5 Å². The molecule has 0 aromatic rings. The first kappa shape index (κ1) is 18.8. The van der Waals surface area contributed by atoms with Gasteiger partial charge in [-0.15, -0.1) is 11.8 Å². The van der Waals surface area contributed by atoms with Gasteiger partial charge in [-0.1, -0.05) is 26.2 Å². The van der Waals surface area contributed by atoms with Crippen LogP contribution in [0.15, 0.2) is 11.3 Å². The standard InChI is InChI=1S/C17H23N3O5S/c1-2-11(21)19-12-15(23)20-13(17(24)25)10(8-26-16(12)20)14(22)18-9-6-4-3-5-7-9/h9,12,16H,2-8H2,1H3,(H,18,22)(H,19,21)(H,24,25)/t12?,16-/m0/s1. The summed E-state index contributed by atoms with van der Waals surface area (Å²) in [6.45, 7) is 1.68. The number of hydrogen-bond acceptors (Lipinski definition) is 5. The van der Waals surface area contributed by atoms with Gasteiger partial charge in [-0.3, -0.25) is 19.3 Å². The molecule has 3 rings (SSSR count). The minimum atomic E-state index is -1.29. The first-order chi connectivity index (χ1) is 12.4. The van der Waals surface area contributed by atoms with Crippen molar-refractivity contribution in [1.29, 1.82) is 0 Å². The highest BCUT2D eigenvalue weighted by atomic mass is 32.2. The second kappa shape index (κ2) is 7.69. The zero-order valence-corrected chi connectivity index (χ0v) is 15.4. The molecule has 9 heteroatoms. The number of aliphatic carboxylic acids is 1. The normalized spacial score (nSPS) is 26.0. The summed E-state index contributed by atoms with van der Waals surface area (Å²) >= 11 is 1.31. The van der Waals surface area contributed by atoms with E-state index in [0.717, 1.165) is 37.0 Å². The van der Waals surface area contributed by atoms with Crippen molar-refractivity contribution in [3.05, 3.63) is 11.3 Å². The Hall–Kier alpha value is -2.03. The summed E-state index contributed by atoms with van der Waals surface area (Å²) in [5, 5.41) is 14.6. The second-order valence-electron chi connectivity index (χ2n) is 6.75. The second-order valence-corrected chi connectivity index (χ2v) is 7.85. The van der Waals surface area contributed by atoms with E-state index in [4.69, 9.17) is 0 Å². The van der Waals surface area contributed by atoms with E-state index in [-0.39, 0.29) is 35.4 Å². The van der Waals surface area contributed by atoms with Gasteiger partial charge in [0.15, 0.2) is 0 Å². The highest BCUT2D eigenvalue weighted by Gasteiger charge is 2.54. The number of fused-ring (bicyclic) bond motifs is 1. The molecule has 3 aliphatic rings. The van der Waals surface area contributed by atoms with Gasteiger partial charge in [0, 0.05) is 18.2 Å². The monoisotopic (exact) mass is 381 g/mol. The molecular formula is C17H23N3O5S. The Balaban J connectivity index is 1.77. The Bertz CT molecular complexity index is 671. The highest BCUT2D eigenvalue weighted by Crippen LogP contribution is 2.40. The average Bonchev–Trinajstić information content (AvgIpc) is 2.65. The van der Waals surface area contributed by atoms with E-state index in [2.05, 4.69) is 10.6 Å². The lowest BCUT2D eigenvalue weighted by molar-refractivity contribution is -0.150. The lowest BCUT2D eigenvalue weighted by atomic mass is 9.95. The smallest absolute Gasteiger partial charge is 0.353 e. The number of amides is 3. The van der Waals surface area contributed by atoms with Crippen LogP contribution in [0, 0.1) is 0 Å². The van der Waals surface area contributed by atoms with E-state index in [9.17, 15) is 24.3 Å². The minimum absolute atomic E-state index is 0.0604. The third-order valence-electron chi connectivity index (χ3n) is 5.02. The van der Waals surface area contributed by atoms with Gasteiger partial charge >= 0.3 is 5.97 Å². The molecule has 1 saturated heterocycles. The minimum Gasteiger partial charge on any atom is -0.477 e. The van der Waals surface area contributed by atoms with Gasteiger partial charge in [-0.2, -0.15) is 0 Å². The summed E-state index contributed by atoms with van der Waals surface area (Å²) in [5.41, 5.74) is -0.132. The quantitative estimate of drug-likeness (QED) is 0.600. The summed E-state index contributed by atoms with van der Waals surface area (Å²) in [7, 11) is 0. The van der Waals surface area contributed by atoms with Crippen LogP contribution in [0.5, 0.6) is 0 Å². The Kier molecular flexibility index (Phi) is 5.55. The zero-order valence-electron chi connectivity index (χ0n) is 14.6. The summed E-state index contributed by atoms with van der Waals surface area (Å²) in [6, 6.07) is -0.671. The number of carboxylic acid groups (broad SMARTS) is 1. The van der Waals surface area contributed by atoms with Crippen LogP contribution >= 0.6 is 11.8 Å². The highest BCUT2D eigenvalue weighted by molar-refractivity contribution is 8.00. The van der Waals surface area contributed by atoms with Crippen LogP contribution in [0.2, 0.25) is 0 Å². The van der Waals surface area contributed by atoms with E-state index in [1.54, 1.807) is 6.92 Å². The third-order valence-corrected chi connectivity index (χ3v) is 6.30. The molecule has 1 unspecified atom stereocenters. The van der Waals surface area contributed by atoms with E-state index in [1.807, 2.05) is 0 Å². The number of hydrogen-bond donors (Lipinski definition) is 3. The molecule has 0 aromatic carbocycles. The molecule has 0 aromatic heterocycles. The summed E-state index contributed by atoms with van der Waals surface area (Å²) in [4.78, 5) is 49.5. The molecule has 8 nitrogen and oxygen atoms in total. The maximum Gasteiger partial charge on any atom is 0.353 e. The summed E-state index contributed by atoms with van der Waals surface area (Å²) in [5.74, 6) is -2.24. The van der Waals surface area contributed by atoms with Gasteiger partial charge in [0.2, 0.25) is 5.91 Å². The van der Waals surface area contributed by atoms with Crippen molar-refractivity contribution < 1.29 is 24.3 Å². The molecule has 0 spiro atoms. The Morgan fingerprint density at radius 2 is 1.88 bits per heavy atom. The van der Waals surface area contributed by atoms with Crippen molar-refractivity contribution in [2.45, 2.75) is 62.9 Å². The summed E-state index contributed by atoms with van der Waals surface area (Å²) < 4.78 is 0. The van der Waals surface area contributed by atoms with Crippen molar-refractivity contribution in [3.63, 3.8) is 0 Å². The lowest BCUT2D eigenvalue weighted by Gasteiger charge is -2.49. The first-order valence-electron chi connectivity index (χ1n) is 8.95. The molecule has 1 saturated carbocycles. The van der Waals surface area contributed by atoms with Gasteiger partial charge in [0.25, 0.3) is 11.8 Å². The van der Waals surface area contributed by atoms with Crippen LogP contribution < -0.4 is 10.6 Å². The molecule has 2 aliphatic heterocycles.